The average Bonchev–Trinajstić information content (AvgIpc) is 2.88. The van der Waals surface area contributed by atoms with E-state index in [1.807, 2.05) is 26.0 Å². The van der Waals surface area contributed by atoms with Gasteiger partial charge in [-0.25, -0.2) is 0 Å². The Kier molecular flexibility index (Phi) is 4.60. The predicted octanol–water partition coefficient (Wildman–Crippen LogP) is 1.76. The molecule has 0 atom stereocenters. The van der Waals surface area contributed by atoms with Crippen molar-refractivity contribution in [3.8, 4) is 11.4 Å². The zero-order valence-corrected chi connectivity index (χ0v) is 11.5. The van der Waals surface area contributed by atoms with E-state index < -0.39 is 0 Å². The van der Waals surface area contributed by atoms with Crippen molar-refractivity contribution in [1.82, 2.24) is 20.4 Å². The maximum Gasteiger partial charge on any atom is 0.243 e. The minimum Gasteiger partial charge on any atom is -0.352 e. The van der Waals surface area contributed by atoms with E-state index in [1.54, 1.807) is 18.5 Å². The van der Waals surface area contributed by atoms with E-state index in [0.717, 1.165) is 11.1 Å². The van der Waals surface area contributed by atoms with Crippen LogP contribution in [0.2, 0.25) is 0 Å². The topological polar surface area (TPSA) is 80.9 Å². The van der Waals surface area contributed by atoms with Gasteiger partial charge in [-0.3, -0.25) is 9.78 Å². The summed E-state index contributed by atoms with van der Waals surface area (Å²) in [6.07, 6.45) is 5.40. The van der Waals surface area contributed by atoms with E-state index in [4.69, 9.17) is 4.52 Å². The molecule has 0 aliphatic carbocycles. The third-order valence-corrected chi connectivity index (χ3v) is 2.46. The second kappa shape index (κ2) is 6.60. The first kappa shape index (κ1) is 13.9. The van der Waals surface area contributed by atoms with Gasteiger partial charge in [-0.1, -0.05) is 10.7 Å². The molecule has 0 aliphatic heterocycles. The standard InChI is InChI=1S/C14H16N4O2/c1-10(2)9-12(19)16-8-5-13-17-14(18-20-13)11-3-6-15-7-4-11/h3-4,6-7,9H,5,8H2,1-2H3,(H,16,19). The number of carbonyl (C=O) groups excluding carboxylic acids is 1. The van der Waals surface area contributed by atoms with Crippen LogP contribution in [0.25, 0.3) is 11.4 Å². The molecule has 2 heterocycles. The van der Waals surface area contributed by atoms with E-state index >= 15 is 0 Å². The number of carbonyl (C=O) groups is 1. The van der Waals surface area contributed by atoms with Crippen molar-refractivity contribution in [2.45, 2.75) is 20.3 Å². The lowest BCUT2D eigenvalue weighted by Gasteiger charge is -1.99. The van der Waals surface area contributed by atoms with Crippen LogP contribution in [0, 0.1) is 0 Å². The van der Waals surface area contributed by atoms with Crippen LogP contribution in [0.15, 0.2) is 40.7 Å². The lowest BCUT2D eigenvalue weighted by molar-refractivity contribution is -0.116. The quantitative estimate of drug-likeness (QED) is 0.839. The van der Waals surface area contributed by atoms with E-state index in [9.17, 15) is 4.79 Å². The third-order valence-electron chi connectivity index (χ3n) is 2.46. The molecule has 0 aliphatic rings. The highest BCUT2D eigenvalue weighted by molar-refractivity contribution is 5.87. The molecule has 2 aromatic rings. The third kappa shape index (κ3) is 4.01. The number of allylic oxidation sites excluding steroid dienone is 1. The van der Waals surface area contributed by atoms with E-state index in [0.29, 0.717) is 24.7 Å². The van der Waals surface area contributed by atoms with Gasteiger partial charge < -0.3 is 9.84 Å². The Bertz CT molecular complexity index is 601. The van der Waals surface area contributed by atoms with Crippen molar-refractivity contribution < 1.29 is 9.32 Å². The molecule has 0 fully saturated rings. The Balaban J connectivity index is 1.88. The van der Waals surface area contributed by atoms with Gasteiger partial charge in [-0.15, -0.1) is 0 Å². The first-order valence-corrected chi connectivity index (χ1v) is 6.31. The number of hydrogen-bond donors (Lipinski definition) is 1. The van der Waals surface area contributed by atoms with Crippen molar-refractivity contribution in [3.63, 3.8) is 0 Å². The number of aromatic nitrogens is 3. The van der Waals surface area contributed by atoms with Gasteiger partial charge in [-0.2, -0.15) is 4.98 Å². The van der Waals surface area contributed by atoms with Crippen LogP contribution < -0.4 is 5.32 Å². The summed E-state index contributed by atoms with van der Waals surface area (Å²) < 4.78 is 5.13. The molecule has 2 aromatic heterocycles. The molecule has 0 bridgehead atoms. The average molecular weight is 272 g/mol. The summed E-state index contributed by atoms with van der Waals surface area (Å²) in [5.41, 5.74) is 1.81. The Hall–Kier alpha value is -2.50. The Labute approximate surface area is 116 Å². The monoisotopic (exact) mass is 272 g/mol. The first-order chi connectivity index (χ1) is 9.65. The number of amides is 1. The summed E-state index contributed by atoms with van der Waals surface area (Å²) >= 11 is 0. The summed E-state index contributed by atoms with van der Waals surface area (Å²) in [6.45, 7) is 4.21. The smallest absolute Gasteiger partial charge is 0.243 e. The fourth-order valence-corrected chi connectivity index (χ4v) is 1.58. The number of rotatable bonds is 5. The highest BCUT2D eigenvalue weighted by Gasteiger charge is 2.08. The number of nitrogens with zero attached hydrogens (tertiary/aromatic N) is 3. The summed E-state index contributed by atoms with van der Waals surface area (Å²) in [5.74, 6) is 0.909. The summed E-state index contributed by atoms with van der Waals surface area (Å²) in [4.78, 5) is 19.6. The minimum absolute atomic E-state index is 0.112. The molecule has 0 spiro atoms. The van der Waals surface area contributed by atoms with Crippen molar-refractivity contribution in [2.75, 3.05) is 6.54 Å². The van der Waals surface area contributed by atoms with Gasteiger partial charge in [0.2, 0.25) is 17.6 Å². The lowest BCUT2D eigenvalue weighted by atomic mass is 10.2. The second-order valence-electron chi connectivity index (χ2n) is 4.51. The maximum atomic E-state index is 11.4. The normalized spacial score (nSPS) is 10.1. The molecular formula is C14H16N4O2. The zero-order valence-electron chi connectivity index (χ0n) is 11.5. The van der Waals surface area contributed by atoms with Crippen molar-refractivity contribution >= 4 is 5.91 Å². The molecule has 6 nitrogen and oxygen atoms in total. The lowest BCUT2D eigenvalue weighted by Crippen LogP contribution is -2.23. The van der Waals surface area contributed by atoms with Crippen LogP contribution in [0.5, 0.6) is 0 Å². The highest BCUT2D eigenvalue weighted by Crippen LogP contribution is 2.13. The van der Waals surface area contributed by atoms with Crippen LogP contribution in [-0.4, -0.2) is 27.6 Å². The molecule has 20 heavy (non-hydrogen) atoms. The number of nitrogens with one attached hydrogen (secondary N) is 1. The maximum absolute atomic E-state index is 11.4. The van der Waals surface area contributed by atoms with Crippen molar-refractivity contribution in [3.05, 3.63) is 42.1 Å². The Morgan fingerprint density at radius 1 is 1.35 bits per heavy atom. The molecular weight excluding hydrogens is 256 g/mol. The molecule has 0 saturated heterocycles. The fourth-order valence-electron chi connectivity index (χ4n) is 1.58. The summed E-state index contributed by atoms with van der Waals surface area (Å²) in [5, 5.41) is 6.65. The van der Waals surface area contributed by atoms with Crippen molar-refractivity contribution in [1.29, 1.82) is 0 Å². The van der Waals surface area contributed by atoms with Crippen LogP contribution in [-0.2, 0) is 11.2 Å². The molecule has 6 heteroatoms. The molecule has 1 amide bonds. The molecule has 0 unspecified atom stereocenters. The number of pyridine rings is 1. The van der Waals surface area contributed by atoms with Crippen LogP contribution in [0.4, 0.5) is 0 Å². The fraction of sp³-hybridized carbons (Fsp3) is 0.286. The molecule has 0 aromatic carbocycles. The first-order valence-electron chi connectivity index (χ1n) is 6.31. The van der Waals surface area contributed by atoms with Gasteiger partial charge in [0.05, 0.1) is 0 Å². The molecule has 1 N–H and O–H groups in total. The molecule has 0 radical (unpaired) electrons. The molecule has 104 valence electrons. The Morgan fingerprint density at radius 3 is 2.80 bits per heavy atom. The summed E-state index contributed by atoms with van der Waals surface area (Å²) in [6, 6.07) is 3.62. The van der Waals surface area contributed by atoms with Crippen molar-refractivity contribution in [2.24, 2.45) is 0 Å². The summed E-state index contributed by atoms with van der Waals surface area (Å²) in [7, 11) is 0. The van der Waals surface area contributed by atoms with Crippen LogP contribution in [0.3, 0.4) is 0 Å². The van der Waals surface area contributed by atoms with E-state index in [1.165, 1.54) is 0 Å². The number of hydrogen-bond acceptors (Lipinski definition) is 5. The Morgan fingerprint density at radius 2 is 2.10 bits per heavy atom. The predicted molar refractivity (Wildman–Crippen MR) is 73.7 cm³/mol. The highest BCUT2D eigenvalue weighted by atomic mass is 16.5. The minimum atomic E-state index is -0.112. The van der Waals surface area contributed by atoms with Gasteiger partial charge in [0.25, 0.3) is 0 Å². The molecule has 2 rings (SSSR count). The van der Waals surface area contributed by atoms with Gasteiger partial charge in [0.1, 0.15) is 0 Å². The van der Waals surface area contributed by atoms with E-state index in [2.05, 4.69) is 20.4 Å². The molecule has 0 saturated carbocycles. The van der Waals surface area contributed by atoms with E-state index in [-0.39, 0.29) is 5.91 Å². The zero-order chi connectivity index (χ0) is 14.4. The van der Waals surface area contributed by atoms with Crippen LogP contribution >= 0.6 is 0 Å². The SMILES string of the molecule is CC(C)=CC(=O)NCCc1nc(-c2ccncc2)no1. The van der Waals surface area contributed by atoms with Gasteiger partial charge >= 0.3 is 0 Å². The second-order valence-corrected chi connectivity index (χ2v) is 4.51. The largest absolute Gasteiger partial charge is 0.352 e. The van der Waals surface area contributed by atoms with Gasteiger partial charge in [0, 0.05) is 37.0 Å². The van der Waals surface area contributed by atoms with Gasteiger partial charge in [-0.05, 0) is 26.0 Å². The van der Waals surface area contributed by atoms with Gasteiger partial charge in [0.15, 0.2) is 0 Å². The van der Waals surface area contributed by atoms with Crippen LogP contribution in [0.1, 0.15) is 19.7 Å².